The lowest BCUT2D eigenvalue weighted by Gasteiger charge is -2.15. The highest BCUT2D eigenvalue weighted by Crippen LogP contribution is 2.23. The molecule has 3 aromatic carbocycles. The third kappa shape index (κ3) is 3.92. The fourth-order valence-corrected chi connectivity index (χ4v) is 5.73. The molecule has 1 aliphatic rings. The second kappa shape index (κ2) is 8.13. The molecule has 33 heavy (non-hydrogen) atoms. The molecule has 0 saturated heterocycles. The van der Waals surface area contributed by atoms with Gasteiger partial charge in [0.25, 0.3) is 5.56 Å². The Morgan fingerprint density at radius 1 is 0.939 bits per heavy atom. The number of aromatic nitrogens is 2. The van der Waals surface area contributed by atoms with E-state index in [1.54, 1.807) is 6.92 Å². The van der Waals surface area contributed by atoms with Crippen molar-refractivity contribution in [3.63, 3.8) is 0 Å². The molecule has 2 heterocycles. The van der Waals surface area contributed by atoms with Gasteiger partial charge in [0.2, 0.25) is 0 Å². The summed E-state index contributed by atoms with van der Waals surface area (Å²) < 4.78 is 27.5. The topological polar surface area (TPSA) is 101 Å². The lowest BCUT2D eigenvalue weighted by Crippen LogP contribution is -2.37. The average Bonchev–Trinajstić information content (AvgIpc) is 3.27. The first-order valence-electron chi connectivity index (χ1n) is 10.7. The molecule has 5 rings (SSSR count). The van der Waals surface area contributed by atoms with E-state index in [0.717, 1.165) is 28.8 Å². The van der Waals surface area contributed by atoms with E-state index in [0.29, 0.717) is 11.1 Å². The molecule has 4 aromatic rings. The molecular formula is C25H23N3O4S. The van der Waals surface area contributed by atoms with Crippen molar-refractivity contribution in [2.24, 2.45) is 0 Å². The molecule has 0 fully saturated rings. The minimum absolute atomic E-state index is 0.0525. The summed E-state index contributed by atoms with van der Waals surface area (Å²) in [7, 11) is -3.69. The molecule has 7 nitrogen and oxygen atoms in total. The van der Waals surface area contributed by atoms with Crippen molar-refractivity contribution in [1.29, 1.82) is 0 Å². The van der Waals surface area contributed by atoms with Gasteiger partial charge < -0.3 is 10.3 Å². The molecule has 0 bridgehead atoms. The molecule has 1 aliphatic heterocycles. The monoisotopic (exact) mass is 461 g/mol. The number of H-pyrrole nitrogens is 1. The summed E-state index contributed by atoms with van der Waals surface area (Å²) in [4.78, 5) is 28.7. The number of fused-ring (bicyclic) bond motifs is 2. The van der Waals surface area contributed by atoms with Crippen LogP contribution in [-0.2, 0) is 28.7 Å². The van der Waals surface area contributed by atoms with E-state index in [4.69, 9.17) is 0 Å². The molecule has 1 aromatic heterocycles. The van der Waals surface area contributed by atoms with Crippen LogP contribution in [0.4, 0.5) is 0 Å². The van der Waals surface area contributed by atoms with Crippen molar-refractivity contribution in [1.82, 2.24) is 14.9 Å². The largest absolute Gasteiger partial charge is 0.329 e. The van der Waals surface area contributed by atoms with Crippen LogP contribution in [0.5, 0.6) is 0 Å². The molecule has 0 saturated carbocycles. The summed E-state index contributed by atoms with van der Waals surface area (Å²) in [5.74, 6) is -0.163. The SMILES string of the molecule is CC(c1ccccc1)n1c(=O)[nH]c2ccc(S(=O)(=O)Cc3ccc4c(c3)CNC4)cc2c1=O. The predicted molar refractivity (Wildman–Crippen MR) is 127 cm³/mol. The van der Waals surface area contributed by atoms with Gasteiger partial charge in [-0.2, -0.15) is 0 Å². The van der Waals surface area contributed by atoms with Gasteiger partial charge in [-0.1, -0.05) is 48.5 Å². The number of nitrogens with one attached hydrogen (secondary N) is 2. The molecule has 8 heteroatoms. The summed E-state index contributed by atoms with van der Waals surface area (Å²) in [6.45, 7) is 3.28. The highest BCUT2D eigenvalue weighted by atomic mass is 32.2. The Labute approximate surface area is 190 Å². The van der Waals surface area contributed by atoms with Crippen LogP contribution < -0.4 is 16.6 Å². The van der Waals surface area contributed by atoms with Crippen LogP contribution in [0.1, 0.15) is 35.2 Å². The number of sulfone groups is 1. The van der Waals surface area contributed by atoms with E-state index in [1.807, 2.05) is 48.5 Å². The third-order valence-electron chi connectivity index (χ3n) is 6.19. The van der Waals surface area contributed by atoms with Gasteiger partial charge in [0.15, 0.2) is 9.84 Å². The van der Waals surface area contributed by atoms with Crippen LogP contribution in [0, 0.1) is 0 Å². The highest BCUT2D eigenvalue weighted by molar-refractivity contribution is 7.90. The van der Waals surface area contributed by atoms with Gasteiger partial charge in [-0.25, -0.2) is 13.2 Å². The molecule has 1 unspecified atom stereocenters. The lowest BCUT2D eigenvalue weighted by molar-refractivity contribution is 0.585. The second-order valence-electron chi connectivity index (χ2n) is 8.37. The summed E-state index contributed by atoms with van der Waals surface area (Å²) in [5.41, 5.74) is 3.05. The standard InChI is InChI=1S/C25H23N3O4S/c1-16(18-5-3-2-4-6-18)28-24(29)22-12-21(9-10-23(22)27-25(28)30)33(31,32)15-17-7-8-19-13-26-14-20(19)11-17/h2-12,16,26H,13-15H2,1H3,(H,27,30). The number of aromatic amines is 1. The van der Waals surface area contributed by atoms with Crippen LogP contribution in [0.15, 0.2) is 81.2 Å². The molecule has 2 N–H and O–H groups in total. The van der Waals surface area contributed by atoms with Gasteiger partial charge in [-0.05, 0) is 47.4 Å². The van der Waals surface area contributed by atoms with E-state index in [9.17, 15) is 18.0 Å². The molecular weight excluding hydrogens is 438 g/mol. The van der Waals surface area contributed by atoms with Crippen molar-refractivity contribution in [3.05, 3.63) is 110 Å². The molecule has 1 atom stereocenters. The van der Waals surface area contributed by atoms with Crippen molar-refractivity contribution in [2.45, 2.75) is 36.7 Å². The number of rotatable bonds is 5. The summed E-state index contributed by atoms with van der Waals surface area (Å²) in [6, 6.07) is 18.7. The smallest absolute Gasteiger partial charge is 0.309 e. The Morgan fingerprint density at radius 2 is 1.70 bits per heavy atom. The molecule has 0 amide bonds. The van der Waals surface area contributed by atoms with Gasteiger partial charge in [-0.15, -0.1) is 0 Å². The Balaban J connectivity index is 1.56. The normalized spacial score (nSPS) is 14.3. The van der Waals surface area contributed by atoms with Crippen LogP contribution in [0.3, 0.4) is 0 Å². The number of hydrogen-bond acceptors (Lipinski definition) is 5. The van der Waals surface area contributed by atoms with Gasteiger partial charge in [0, 0.05) is 13.1 Å². The Bertz CT molecular complexity index is 1590. The zero-order valence-corrected chi connectivity index (χ0v) is 18.9. The van der Waals surface area contributed by atoms with Gasteiger partial charge in [-0.3, -0.25) is 9.36 Å². The fourth-order valence-electron chi connectivity index (χ4n) is 4.37. The highest BCUT2D eigenvalue weighted by Gasteiger charge is 2.21. The predicted octanol–water partition coefficient (Wildman–Crippen LogP) is 2.88. The van der Waals surface area contributed by atoms with Crippen LogP contribution in [0.2, 0.25) is 0 Å². The second-order valence-corrected chi connectivity index (χ2v) is 10.4. The third-order valence-corrected chi connectivity index (χ3v) is 7.87. The Morgan fingerprint density at radius 3 is 2.48 bits per heavy atom. The van der Waals surface area contributed by atoms with E-state index >= 15 is 0 Å². The van der Waals surface area contributed by atoms with Crippen molar-refractivity contribution >= 4 is 20.7 Å². The van der Waals surface area contributed by atoms with E-state index in [1.165, 1.54) is 23.8 Å². The summed E-state index contributed by atoms with van der Waals surface area (Å²) in [5, 5.41) is 3.41. The molecule has 0 spiro atoms. The number of hydrogen-bond donors (Lipinski definition) is 2. The Kier molecular flexibility index (Phi) is 5.26. The molecule has 0 radical (unpaired) electrons. The maximum absolute atomic E-state index is 13.3. The first-order valence-corrected chi connectivity index (χ1v) is 12.4. The first-order chi connectivity index (χ1) is 15.8. The quantitative estimate of drug-likeness (QED) is 0.476. The molecule has 168 valence electrons. The van der Waals surface area contributed by atoms with E-state index in [-0.39, 0.29) is 16.0 Å². The zero-order chi connectivity index (χ0) is 23.2. The van der Waals surface area contributed by atoms with Crippen molar-refractivity contribution in [3.8, 4) is 0 Å². The van der Waals surface area contributed by atoms with Crippen LogP contribution in [0.25, 0.3) is 10.9 Å². The Hall–Kier alpha value is -3.49. The van der Waals surface area contributed by atoms with Gasteiger partial charge in [0.05, 0.1) is 27.6 Å². The minimum Gasteiger partial charge on any atom is -0.309 e. The maximum atomic E-state index is 13.3. The van der Waals surface area contributed by atoms with Crippen LogP contribution >= 0.6 is 0 Å². The number of benzene rings is 3. The van der Waals surface area contributed by atoms with Gasteiger partial charge in [0.1, 0.15) is 0 Å². The minimum atomic E-state index is -3.69. The van der Waals surface area contributed by atoms with E-state index < -0.39 is 27.1 Å². The van der Waals surface area contributed by atoms with Crippen LogP contribution in [-0.4, -0.2) is 18.0 Å². The maximum Gasteiger partial charge on any atom is 0.329 e. The lowest BCUT2D eigenvalue weighted by atomic mass is 10.1. The van der Waals surface area contributed by atoms with Crippen molar-refractivity contribution in [2.75, 3.05) is 0 Å². The average molecular weight is 462 g/mol. The first kappa shape index (κ1) is 21.4. The van der Waals surface area contributed by atoms with E-state index in [2.05, 4.69) is 10.3 Å². The summed E-state index contributed by atoms with van der Waals surface area (Å²) >= 11 is 0. The van der Waals surface area contributed by atoms with Crippen molar-refractivity contribution < 1.29 is 8.42 Å². The molecule has 0 aliphatic carbocycles. The zero-order valence-electron chi connectivity index (χ0n) is 18.0. The number of nitrogens with zero attached hydrogens (tertiary/aromatic N) is 1. The van der Waals surface area contributed by atoms with Gasteiger partial charge >= 0.3 is 5.69 Å². The fraction of sp³-hybridized carbons (Fsp3) is 0.200. The summed E-state index contributed by atoms with van der Waals surface area (Å²) in [6.07, 6.45) is 0.